The molecule has 0 saturated carbocycles. The van der Waals surface area contributed by atoms with Crippen LogP contribution >= 0.6 is 70.8 Å². The van der Waals surface area contributed by atoms with E-state index in [0.717, 1.165) is 74.7 Å². The van der Waals surface area contributed by atoms with Gasteiger partial charge in [-0.2, -0.15) is 0 Å². The average Bonchev–Trinajstić information content (AvgIpc) is 3.36. The molecule has 12 nitrogen and oxygen atoms in total. The Morgan fingerprint density at radius 1 is 0.557 bits per heavy atom. The third kappa shape index (κ3) is 14.7. The van der Waals surface area contributed by atoms with Gasteiger partial charge in [0.15, 0.2) is 10.2 Å². The number of methoxy groups -OCH3 is 2. The molecule has 0 spiro atoms. The number of aliphatic hydroxyl groups is 4. The van der Waals surface area contributed by atoms with Crippen LogP contribution < -0.4 is 20.1 Å². The van der Waals surface area contributed by atoms with Gasteiger partial charge in [0.2, 0.25) is 0 Å². The van der Waals surface area contributed by atoms with Crippen LogP contribution in [-0.4, -0.2) is 153 Å². The van der Waals surface area contributed by atoms with Crippen LogP contribution in [-0.2, 0) is 0 Å². The second-order valence-electron chi connectivity index (χ2n) is 19.1. The third-order valence-corrected chi connectivity index (χ3v) is 16.5. The van der Waals surface area contributed by atoms with Crippen molar-refractivity contribution in [2.24, 2.45) is 0 Å². The van der Waals surface area contributed by atoms with Gasteiger partial charge in [-0.05, 0) is 186 Å². The van der Waals surface area contributed by atoms with Crippen LogP contribution in [0.25, 0.3) is 0 Å². The second-order valence-corrected chi connectivity index (χ2v) is 21.5. The molecule has 0 aliphatic carbocycles. The van der Waals surface area contributed by atoms with Gasteiger partial charge in [-0.3, -0.25) is 0 Å². The quantitative estimate of drug-likeness (QED) is 0.0752. The Kier molecular flexibility index (Phi) is 19.6. The highest BCUT2D eigenvalue weighted by molar-refractivity contribution is 7.80. The van der Waals surface area contributed by atoms with Crippen LogP contribution in [0.4, 0.5) is 11.4 Å². The van der Waals surface area contributed by atoms with Gasteiger partial charge in [0.1, 0.15) is 11.5 Å². The van der Waals surface area contributed by atoms with E-state index >= 15 is 0 Å². The normalized spacial score (nSPS) is 19.9. The van der Waals surface area contributed by atoms with Gasteiger partial charge < -0.3 is 60.1 Å². The molecule has 4 aromatic carbocycles. The van der Waals surface area contributed by atoms with E-state index in [1.54, 1.807) is 44.6 Å². The van der Waals surface area contributed by atoms with Gasteiger partial charge in [-0.1, -0.05) is 70.7 Å². The summed E-state index contributed by atoms with van der Waals surface area (Å²) in [6.07, 6.45) is 4.40. The minimum absolute atomic E-state index is 0.453. The highest BCUT2D eigenvalue weighted by Crippen LogP contribution is 2.34. The Morgan fingerprint density at radius 3 is 1.31 bits per heavy atom. The largest absolute Gasteiger partial charge is 0.497 e. The number of halogens is 4. The van der Waals surface area contributed by atoms with Crippen LogP contribution in [0.15, 0.2) is 84.9 Å². The Labute approximate surface area is 443 Å². The molecular formula is C52H66Cl4N6O6S2. The zero-order chi connectivity index (χ0) is 50.0. The van der Waals surface area contributed by atoms with E-state index in [-0.39, 0.29) is 0 Å². The van der Waals surface area contributed by atoms with Gasteiger partial charge in [0.05, 0.1) is 47.7 Å². The number of thiocarbonyl (C=S) groups is 2. The van der Waals surface area contributed by atoms with Crippen LogP contribution in [0.2, 0.25) is 20.1 Å². The van der Waals surface area contributed by atoms with E-state index in [4.69, 9.17) is 80.3 Å². The summed E-state index contributed by atoms with van der Waals surface area (Å²) in [5, 5.41) is 53.8. The fraction of sp³-hybridized carbons (Fsp3) is 0.500. The number of anilines is 2. The number of likely N-dealkylation sites (tertiary alicyclic amines) is 4. The number of hydrogen-bond acceptors (Lipinski definition) is 10. The molecule has 0 radical (unpaired) electrons. The first-order valence-corrected chi connectivity index (χ1v) is 26.4. The van der Waals surface area contributed by atoms with Crippen molar-refractivity contribution in [3.8, 4) is 11.5 Å². The maximum absolute atomic E-state index is 11.2. The van der Waals surface area contributed by atoms with Crippen molar-refractivity contribution >= 4 is 92.4 Å². The molecule has 0 aromatic heterocycles. The lowest BCUT2D eigenvalue weighted by atomic mass is 9.84. The summed E-state index contributed by atoms with van der Waals surface area (Å²) in [6, 6.07) is 27.1. The van der Waals surface area contributed by atoms with E-state index in [1.807, 2.05) is 40.1 Å². The summed E-state index contributed by atoms with van der Waals surface area (Å²) in [5.74, 6) is 2.78. The van der Waals surface area contributed by atoms with Crippen molar-refractivity contribution in [2.75, 3.05) is 90.3 Å². The number of hydrogen-bond donors (Lipinski definition) is 6. The van der Waals surface area contributed by atoms with E-state index in [9.17, 15) is 20.4 Å². The van der Waals surface area contributed by atoms with Crippen molar-refractivity contribution in [3.05, 3.63) is 116 Å². The molecule has 2 atom stereocenters. The van der Waals surface area contributed by atoms with Crippen molar-refractivity contribution in [3.63, 3.8) is 0 Å². The smallest absolute Gasteiger partial charge is 0.173 e. The first-order chi connectivity index (χ1) is 33.5. The van der Waals surface area contributed by atoms with E-state index in [1.165, 1.54) is 11.1 Å². The highest BCUT2D eigenvalue weighted by Gasteiger charge is 2.42. The minimum atomic E-state index is -1.11. The summed E-state index contributed by atoms with van der Waals surface area (Å²) in [7, 11) is 3.36. The molecule has 380 valence electrons. The lowest BCUT2D eigenvalue weighted by Crippen LogP contribution is -2.56. The van der Waals surface area contributed by atoms with E-state index < -0.39 is 23.4 Å². The minimum Gasteiger partial charge on any atom is -0.497 e. The van der Waals surface area contributed by atoms with Gasteiger partial charge in [-0.25, -0.2) is 0 Å². The SMILES string of the molecule is COc1ccc(C2CCN(CC(O)C3(O)CCN(C(=S)Nc4cc(Cl)cc(Cl)c4)CC3)CC2)cc1.COc1ccc(C2CCN(CC(O)C3(O)CCN(C(=S)Nc4ccc(Cl)c(Cl)c4)CC3)CC2)cc1. The maximum Gasteiger partial charge on any atom is 0.173 e. The fourth-order valence-electron chi connectivity index (χ4n) is 9.94. The van der Waals surface area contributed by atoms with E-state index in [2.05, 4.69) is 44.7 Å². The predicted molar refractivity (Wildman–Crippen MR) is 292 cm³/mol. The van der Waals surface area contributed by atoms with Gasteiger partial charge in [-0.15, -0.1) is 0 Å². The first kappa shape index (κ1) is 54.6. The van der Waals surface area contributed by atoms with Gasteiger partial charge in [0.25, 0.3) is 0 Å². The first-order valence-electron chi connectivity index (χ1n) is 24.1. The van der Waals surface area contributed by atoms with Crippen LogP contribution in [0.5, 0.6) is 11.5 Å². The number of β-amino-alcohol motifs (C(OH)–C–C–N with tert-alkyl or cyclic N) is 2. The molecule has 8 rings (SSSR count). The highest BCUT2D eigenvalue weighted by atomic mass is 35.5. The fourth-order valence-corrected chi connectivity index (χ4v) is 11.4. The van der Waals surface area contributed by atoms with E-state index in [0.29, 0.717) is 107 Å². The summed E-state index contributed by atoms with van der Waals surface area (Å²) in [5.41, 5.74) is 1.94. The molecule has 4 aliphatic heterocycles. The summed E-state index contributed by atoms with van der Waals surface area (Å²) in [6.45, 7) is 6.87. The molecule has 2 unspecified atom stereocenters. The standard InChI is InChI=1S/2C26H33Cl2N3O3S/c1-34-21-5-2-18(3-6-21)19-8-12-30(13-9-19)17-24(32)26(33)10-14-31(15-11-26)25(35)29-20-4-7-22(27)23(28)16-20;1-34-23-4-2-18(3-5-23)19-6-10-30(11-7-19)17-24(32)26(33)8-12-31(13-9-26)25(35)29-22-15-20(27)14-21(28)16-22/h2-7,16,19,24,32-33H,8-15,17H2,1H3,(H,29,35);2-5,14-16,19,24,32-33H,6-13,17H2,1H3,(H,29,35). The summed E-state index contributed by atoms with van der Waals surface area (Å²) < 4.78 is 10.5. The number of benzene rings is 4. The maximum atomic E-state index is 11.2. The number of nitrogens with zero attached hydrogens (tertiary/aromatic N) is 4. The predicted octanol–water partition coefficient (Wildman–Crippen LogP) is 9.53. The molecule has 4 heterocycles. The Hall–Kier alpha value is -3.22. The second kappa shape index (κ2) is 25.1. The average molecular weight is 1080 g/mol. The number of piperidine rings is 4. The van der Waals surface area contributed by atoms with Crippen LogP contribution in [0.3, 0.4) is 0 Å². The van der Waals surface area contributed by atoms with Crippen molar-refractivity contribution in [1.82, 2.24) is 19.6 Å². The van der Waals surface area contributed by atoms with Crippen LogP contribution in [0, 0.1) is 0 Å². The molecule has 6 N–H and O–H groups in total. The van der Waals surface area contributed by atoms with Crippen molar-refractivity contribution < 1.29 is 29.9 Å². The van der Waals surface area contributed by atoms with Crippen LogP contribution in [0.1, 0.15) is 74.3 Å². The topological polar surface area (TPSA) is 136 Å². The lowest BCUT2D eigenvalue weighted by molar-refractivity contribution is -0.112. The summed E-state index contributed by atoms with van der Waals surface area (Å²) >= 11 is 35.3. The molecular weight excluding hydrogens is 1010 g/mol. The van der Waals surface area contributed by atoms with Crippen molar-refractivity contribution in [1.29, 1.82) is 0 Å². The summed E-state index contributed by atoms with van der Waals surface area (Å²) in [4.78, 5) is 8.56. The Bertz CT molecular complexity index is 2320. The third-order valence-electron chi connectivity index (χ3n) is 14.6. The zero-order valence-corrected chi connectivity index (χ0v) is 44.5. The number of aliphatic hydroxyl groups excluding tert-OH is 2. The number of nitrogens with one attached hydrogen (secondary N) is 2. The molecule has 4 saturated heterocycles. The van der Waals surface area contributed by atoms with Gasteiger partial charge >= 0.3 is 0 Å². The van der Waals surface area contributed by atoms with Gasteiger partial charge in [0, 0.05) is 60.7 Å². The number of rotatable bonds is 12. The van der Waals surface area contributed by atoms with Crippen molar-refractivity contribution in [2.45, 2.75) is 86.6 Å². The molecule has 0 amide bonds. The molecule has 70 heavy (non-hydrogen) atoms. The molecule has 4 fully saturated rings. The Morgan fingerprint density at radius 2 is 0.943 bits per heavy atom. The molecule has 4 aliphatic rings. The molecule has 0 bridgehead atoms. The monoisotopic (exact) mass is 1070 g/mol. The Balaban J connectivity index is 0.000000206. The zero-order valence-electron chi connectivity index (χ0n) is 39.8. The number of ether oxygens (including phenoxy) is 2. The molecule has 18 heteroatoms. The molecule has 4 aromatic rings. The lowest BCUT2D eigenvalue weighted by Gasteiger charge is -2.43.